The van der Waals surface area contributed by atoms with Gasteiger partial charge >= 0.3 is 0 Å². The molecule has 29 heavy (non-hydrogen) atoms. The Morgan fingerprint density at radius 2 is 1.41 bits per heavy atom. The van der Waals surface area contributed by atoms with Crippen LogP contribution in [0.3, 0.4) is 0 Å². The summed E-state index contributed by atoms with van der Waals surface area (Å²) in [6.07, 6.45) is 0. The number of fused-ring (bicyclic) bond motifs is 1. The maximum absolute atomic E-state index is 14.5. The molecule has 4 rings (SSSR count). The molecule has 0 fully saturated rings. The Morgan fingerprint density at radius 1 is 0.828 bits per heavy atom. The van der Waals surface area contributed by atoms with Crippen LogP contribution in [0.15, 0.2) is 54.6 Å². The predicted molar refractivity (Wildman–Crippen MR) is 101 cm³/mol. The van der Waals surface area contributed by atoms with Crippen LogP contribution in [0.2, 0.25) is 0 Å². The van der Waals surface area contributed by atoms with Crippen LogP contribution < -0.4 is 0 Å². The third-order valence-electron chi connectivity index (χ3n) is 4.68. The Labute approximate surface area is 163 Å². The van der Waals surface area contributed by atoms with E-state index in [1.807, 2.05) is 0 Å². The molecule has 7 heteroatoms. The van der Waals surface area contributed by atoms with Crippen LogP contribution in [0.25, 0.3) is 27.3 Å². The Hall–Kier alpha value is -3.66. The lowest BCUT2D eigenvalue weighted by Gasteiger charge is -2.12. The molecule has 0 unspecified atom stereocenters. The highest BCUT2D eigenvalue weighted by Gasteiger charge is 2.23. The van der Waals surface area contributed by atoms with Gasteiger partial charge in [0.05, 0.1) is 28.7 Å². The normalized spacial score (nSPS) is 11.0. The quantitative estimate of drug-likeness (QED) is 0.320. The van der Waals surface area contributed by atoms with Gasteiger partial charge in [0.1, 0.15) is 29.1 Å². The van der Waals surface area contributed by atoms with Crippen LogP contribution in [-0.2, 0) is 13.1 Å². The van der Waals surface area contributed by atoms with Crippen molar-refractivity contribution in [1.82, 2.24) is 9.55 Å². The van der Waals surface area contributed by atoms with Gasteiger partial charge in [-0.2, -0.15) is 0 Å². The molecule has 3 aromatic carbocycles. The molecule has 0 radical (unpaired) electrons. The lowest BCUT2D eigenvalue weighted by molar-refractivity contribution is 0.546. The van der Waals surface area contributed by atoms with E-state index in [0.717, 1.165) is 24.3 Å². The van der Waals surface area contributed by atoms with E-state index in [4.69, 9.17) is 6.57 Å². The minimum atomic E-state index is -0.845. The zero-order chi connectivity index (χ0) is 20.5. The molecule has 1 aromatic heterocycles. The standard InChI is InChI=1S/C22H13F4N3/c1-27-11-13-5-2-10-19-21(13)28-22(20-17(25)8-4-9-18(20)26)29(19)12-14-15(23)6-3-7-16(14)24/h2-10H,11-12H2. The summed E-state index contributed by atoms with van der Waals surface area (Å²) in [5.41, 5.74) is 0.696. The van der Waals surface area contributed by atoms with Gasteiger partial charge < -0.3 is 9.41 Å². The van der Waals surface area contributed by atoms with Gasteiger partial charge in [-0.25, -0.2) is 29.1 Å². The maximum atomic E-state index is 14.5. The first-order valence-corrected chi connectivity index (χ1v) is 8.70. The molecular formula is C22H13F4N3. The predicted octanol–water partition coefficient (Wildman–Crippen LogP) is 5.73. The molecule has 0 saturated carbocycles. The van der Waals surface area contributed by atoms with Crippen molar-refractivity contribution >= 4 is 11.0 Å². The van der Waals surface area contributed by atoms with Crippen molar-refractivity contribution in [3.05, 3.63) is 100 Å². The van der Waals surface area contributed by atoms with Crippen LogP contribution in [0.5, 0.6) is 0 Å². The summed E-state index contributed by atoms with van der Waals surface area (Å²) in [6.45, 7) is 6.81. The van der Waals surface area contributed by atoms with Crippen LogP contribution in [0.4, 0.5) is 17.6 Å². The number of hydrogen-bond donors (Lipinski definition) is 0. The zero-order valence-electron chi connectivity index (χ0n) is 15.0. The lowest BCUT2D eigenvalue weighted by Crippen LogP contribution is -2.08. The Balaban J connectivity index is 2.03. The molecule has 0 saturated heterocycles. The molecule has 1 heterocycles. The van der Waals surface area contributed by atoms with Crippen LogP contribution in [0, 0.1) is 29.8 Å². The zero-order valence-corrected chi connectivity index (χ0v) is 15.0. The largest absolute Gasteiger partial charge is 0.319 e. The van der Waals surface area contributed by atoms with Crippen molar-refractivity contribution in [2.75, 3.05) is 0 Å². The third kappa shape index (κ3) is 3.23. The van der Waals surface area contributed by atoms with E-state index < -0.39 is 28.8 Å². The molecule has 4 aromatic rings. The molecule has 144 valence electrons. The molecule has 0 N–H and O–H groups in total. The summed E-state index contributed by atoms with van der Waals surface area (Å²) in [5.74, 6) is -3.34. The number of halogens is 4. The molecule has 0 aliphatic carbocycles. The second kappa shape index (κ2) is 7.40. The molecular weight excluding hydrogens is 382 g/mol. The van der Waals surface area contributed by atoms with Gasteiger partial charge in [-0.15, -0.1) is 0 Å². The first-order chi connectivity index (χ1) is 14.0. The van der Waals surface area contributed by atoms with E-state index in [0.29, 0.717) is 16.6 Å². The Morgan fingerprint density at radius 3 is 2.03 bits per heavy atom. The number of aromatic nitrogens is 2. The summed E-state index contributed by atoms with van der Waals surface area (Å²) in [6, 6.07) is 11.9. The van der Waals surface area contributed by atoms with Gasteiger partial charge in [-0.05, 0) is 36.4 Å². The van der Waals surface area contributed by atoms with Crippen molar-refractivity contribution in [1.29, 1.82) is 0 Å². The highest BCUT2D eigenvalue weighted by atomic mass is 19.1. The molecule has 0 aliphatic rings. The summed E-state index contributed by atoms with van der Waals surface area (Å²) in [5, 5.41) is 0. The van der Waals surface area contributed by atoms with E-state index in [9.17, 15) is 17.6 Å². The second-order valence-electron chi connectivity index (χ2n) is 6.42. The number of benzene rings is 3. The van der Waals surface area contributed by atoms with Crippen molar-refractivity contribution in [3.8, 4) is 11.4 Å². The second-order valence-corrected chi connectivity index (χ2v) is 6.42. The highest BCUT2D eigenvalue weighted by molar-refractivity contribution is 5.84. The van der Waals surface area contributed by atoms with Crippen molar-refractivity contribution in [2.24, 2.45) is 0 Å². The number of rotatable bonds is 4. The average Bonchev–Trinajstić information content (AvgIpc) is 3.04. The first-order valence-electron chi connectivity index (χ1n) is 8.70. The number of hydrogen-bond acceptors (Lipinski definition) is 1. The summed E-state index contributed by atoms with van der Waals surface area (Å²) >= 11 is 0. The van der Waals surface area contributed by atoms with E-state index in [1.165, 1.54) is 16.7 Å². The monoisotopic (exact) mass is 395 g/mol. The molecule has 0 atom stereocenters. The smallest absolute Gasteiger partial charge is 0.241 e. The first kappa shape index (κ1) is 18.7. The fourth-order valence-corrected chi connectivity index (χ4v) is 3.32. The highest BCUT2D eigenvalue weighted by Crippen LogP contribution is 2.32. The topological polar surface area (TPSA) is 22.2 Å². The van der Waals surface area contributed by atoms with Gasteiger partial charge in [-0.1, -0.05) is 18.2 Å². The van der Waals surface area contributed by atoms with Crippen LogP contribution in [-0.4, -0.2) is 9.55 Å². The van der Waals surface area contributed by atoms with Gasteiger partial charge in [0.2, 0.25) is 6.54 Å². The Kier molecular flexibility index (Phi) is 4.77. The van der Waals surface area contributed by atoms with Crippen LogP contribution >= 0.6 is 0 Å². The number of para-hydroxylation sites is 1. The lowest BCUT2D eigenvalue weighted by atomic mass is 10.1. The molecule has 3 nitrogen and oxygen atoms in total. The average molecular weight is 395 g/mol. The van der Waals surface area contributed by atoms with Gasteiger partial charge in [0, 0.05) is 5.56 Å². The molecule has 0 bridgehead atoms. The fraction of sp³-hybridized carbons (Fsp3) is 0.0909. The Bertz CT molecular complexity index is 1230. The van der Waals surface area contributed by atoms with Gasteiger partial charge in [0.15, 0.2) is 0 Å². The third-order valence-corrected chi connectivity index (χ3v) is 4.68. The summed E-state index contributed by atoms with van der Waals surface area (Å²) in [7, 11) is 0. The van der Waals surface area contributed by atoms with Gasteiger partial charge in [0.25, 0.3) is 0 Å². The van der Waals surface area contributed by atoms with Crippen molar-refractivity contribution < 1.29 is 17.6 Å². The molecule has 0 amide bonds. The van der Waals surface area contributed by atoms with E-state index in [1.54, 1.807) is 18.2 Å². The number of nitrogens with zero attached hydrogens (tertiary/aromatic N) is 3. The minimum Gasteiger partial charge on any atom is -0.319 e. The van der Waals surface area contributed by atoms with Crippen molar-refractivity contribution in [3.63, 3.8) is 0 Å². The van der Waals surface area contributed by atoms with Crippen LogP contribution in [0.1, 0.15) is 11.1 Å². The van der Waals surface area contributed by atoms with E-state index in [2.05, 4.69) is 9.83 Å². The van der Waals surface area contributed by atoms with Crippen molar-refractivity contribution in [2.45, 2.75) is 13.1 Å². The van der Waals surface area contributed by atoms with E-state index >= 15 is 0 Å². The molecule has 0 spiro atoms. The molecule has 0 aliphatic heterocycles. The SMILES string of the molecule is [C-]#[N+]Cc1cccc2c1nc(-c1c(F)cccc1F)n2Cc1c(F)cccc1F. The van der Waals surface area contributed by atoms with Gasteiger partial charge in [-0.3, -0.25) is 0 Å². The summed E-state index contributed by atoms with van der Waals surface area (Å²) in [4.78, 5) is 7.72. The minimum absolute atomic E-state index is 0.0155. The summed E-state index contributed by atoms with van der Waals surface area (Å²) < 4.78 is 58.9. The van der Waals surface area contributed by atoms with E-state index in [-0.39, 0.29) is 24.5 Å². The number of imidazole rings is 1. The maximum Gasteiger partial charge on any atom is 0.241 e. The fourth-order valence-electron chi connectivity index (χ4n) is 3.32.